The van der Waals surface area contributed by atoms with Crippen LogP contribution in [0.4, 0.5) is 0 Å². The summed E-state index contributed by atoms with van der Waals surface area (Å²) in [6.45, 7) is 0. The molecule has 73 saturated carbocycles. The number of hydrogen-bond acceptors (Lipinski definition) is 0. The molecule has 0 aliphatic heterocycles. The highest BCUT2D eigenvalue weighted by molar-refractivity contribution is 6.84. The van der Waals surface area contributed by atoms with E-state index in [1.54, 1.807) is 6.42 Å². The standard InChI is InChI=1S/C100H40/c1-2-11-20-27-33-37-39-35-31-24-16-7-14-22-29-30-23-15-8-17-25-32-36-40-38-34-28-21-13-4-3-12-19-26-18-6-10-5-9(1)41(11)45(10)46(18)54(26)48(19)42(12,13)49(21)58(28)62(34)66(38)68(40)64(36)60(32)53(25)44(15,17)51(23)57(30)56(29)50(22)43(14,16)52(24)59(31)63(35)67(39)65(37)61(33)55(27)47(20,41)69(45)73(46)74(54)70(48,49)78(58)82(62)87(66)88(68)84(64)80(60)72(51,53)77(57)76(56)71(50,52)79(59)83(63)86(67)85(65)81(61)75(55,69)89(73)90(74,78)94(82)93(81,89)97(85)98(87,94)100(88)96(84)92(77,80)91(76,79)95(83,96)99(86,97)100/h1,3-6,11-17,19-40H,2,7-8H2. The summed E-state index contributed by atoms with van der Waals surface area (Å²) in [5.74, 6) is 39.7. The Hall–Kier alpha value is -1.04. The normalized spacial score (nSPS) is 149. The van der Waals surface area contributed by atoms with Crippen LogP contribution in [0, 0.1) is 497 Å². The third-order valence-corrected chi connectivity index (χ3v) is 90.1. The van der Waals surface area contributed by atoms with Crippen molar-refractivity contribution in [1.82, 2.24) is 0 Å². The van der Waals surface area contributed by atoms with Gasteiger partial charge in [0.15, 0.2) is 0 Å². The van der Waals surface area contributed by atoms with Crippen molar-refractivity contribution in [1.29, 1.82) is 0 Å². The summed E-state index contributed by atoms with van der Waals surface area (Å²) in [5.41, 5.74) is 71.1. The second-order valence-electron chi connectivity index (χ2n) is 65.2. The summed E-state index contributed by atoms with van der Waals surface area (Å²) in [7, 11) is 0. The Morgan fingerprint density at radius 1 is 0.210 bits per heavy atom. The van der Waals surface area contributed by atoms with E-state index in [1.807, 2.05) is 12.8 Å². The summed E-state index contributed by atoms with van der Waals surface area (Å²) in [4.78, 5) is 0. The second-order valence-corrected chi connectivity index (χ2v) is 65.2. The minimum atomic E-state index is 0.741. The third-order valence-electron chi connectivity index (χ3n) is 90.1. The molecule has 0 nitrogen and oxygen atoms in total. The molecule has 77 rings (SSSR count). The van der Waals surface area contributed by atoms with Crippen LogP contribution in [-0.2, 0) is 0 Å². The first-order valence-electron chi connectivity index (χ1n) is 48.6. The van der Waals surface area contributed by atoms with Gasteiger partial charge in [0.05, 0.1) is 0 Å². The number of allylic oxidation sites excluding steroid dienone is 8. The highest BCUT2D eigenvalue weighted by Gasteiger charge is 3.89. The summed E-state index contributed by atoms with van der Waals surface area (Å²) in [6, 6.07) is 0. The van der Waals surface area contributed by atoms with Crippen LogP contribution < -0.4 is 0 Å². The predicted molar refractivity (Wildman–Crippen MR) is 309 cm³/mol. The molecular formula is C100H40. The molecule has 0 aromatic rings. The summed E-state index contributed by atoms with van der Waals surface area (Å²) < 4.78 is 0. The smallest absolute Gasteiger partial charge is 0.0238 e. The maximum absolute atomic E-state index is 3.52. The van der Waals surface area contributed by atoms with E-state index in [2.05, 4.69) is 47.1 Å². The minimum absolute atomic E-state index is 0.741. The van der Waals surface area contributed by atoms with Gasteiger partial charge in [0, 0.05) is 54.1 Å². The van der Waals surface area contributed by atoms with Crippen LogP contribution in [0.2, 0.25) is 0 Å². The Balaban J connectivity index is 0.616. The predicted octanol–water partition coefficient (Wildman–Crippen LogP) is 8.06. The molecule has 77 aliphatic rings. The van der Waals surface area contributed by atoms with Crippen LogP contribution in [0.15, 0.2) is 47.1 Å². The van der Waals surface area contributed by atoms with Gasteiger partial charge in [-0.15, -0.1) is 0 Å². The molecule has 60 spiro atoms. The first-order chi connectivity index (χ1) is 49.8. The van der Waals surface area contributed by atoms with Crippen molar-refractivity contribution in [2.75, 3.05) is 0 Å². The average Bonchev–Trinajstić information content (AvgIpc) is 0.421. The fourth-order valence-corrected chi connectivity index (χ4v) is 120. The molecule has 77 aliphatic carbocycles. The van der Waals surface area contributed by atoms with Crippen LogP contribution in [-0.4, -0.2) is 0 Å². The minimum Gasteiger partial charge on any atom is -0.0842 e. The first kappa shape index (κ1) is 31.0. The van der Waals surface area contributed by atoms with Crippen molar-refractivity contribution < 1.29 is 0 Å². The number of rotatable bonds is 0. The molecule has 0 N–H and O–H groups in total. The van der Waals surface area contributed by atoms with Crippen molar-refractivity contribution >= 4 is 0 Å². The van der Waals surface area contributed by atoms with Crippen molar-refractivity contribution in [2.24, 2.45) is 399 Å². The molecular weight excluding hydrogens is 1200 g/mol. The largest absolute Gasteiger partial charge is 0.0842 e. The lowest BCUT2D eigenvalue weighted by molar-refractivity contribution is -1.16. The highest BCUT2D eigenvalue weighted by atomic mass is 15.9. The zero-order valence-corrected chi connectivity index (χ0v) is 53.3. The molecule has 0 bridgehead atoms. The Bertz CT molecular complexity index is 8510. The Labute approximate surface area is 559 Å². The van der Waals surface area contributed by atoms with Gasteiger partial charge in [-0.2, -0.15) is 0 Å². The van der Waals surface area contributed by atoms with Gasteiger partial charge in [-0.05, 0) is 473 Å². The molecule has 89 atom stereocenters. The highest BCUT2D eigenvalue weighted by Crippen LogP contribution is 3.93. The lowest BCUT2D eigenvalue weighted by atomic mass is 8.20. The average molecular weight is 1240 g/mol. The van der Waals surface area contributed by atoms with E-state index in [9.17, 15) is 0 Å². The van der Waals surface area contributed by atoms with E-state index in [-0.39, 0.29) is 0 Å². The Morgan fingerprint density at radius 3 is 0.960 bits per heavy atom. The van der Waals surface area contributed by atoms with Crippen LogP contribution in [0.5, 0.6) is 0 Å². The van der Waals surface area contributed by atoms with Crippen LogP contribution >= 0.6 is 0 Å². The molecule has 0 saturated heterocycles. The molecule has 0 heteroatoms. The zero-order chi connectivity index (χ0) is 54.1. The monoisotopic (exact) mass is 1240 g/mol. The molecule has 0 amide bonds. The van der Waals surface area contributed by atoms with Crippen LogP contribution in [0.1, 0.15) is 19.3 Å². The van der Waals surface area contributed by atoms with Gasteiger partial charge in [0.2, 0.25) is 0 Å². The Kier molecular flexibility index (Phi) is 1.33. The van der Waals surface area contributed by atoms with Gasteiger partial charge < -0.3 is 0 Å². The fourth-order valence-electron chi connectivity index (χ4n) is 120. The fraction of sp³-hybridized carbons (Fsp3) is 0.920. The van der Waals surface area contributed by atoms with Gasteiger partial charge in [-0.1, -0.05) is 36.0 Å². The van der Waals surface area contributed by atoms with Gasteiger partial charge in [-0.25, -0.2) is 0 Å². The molecule has 0 radical (unpaired) electrons. The van der Waals surface area contributed by atoms with Crippen molar-refractivity contribution in [3.05, 3.63) is 145 Å². The zero-order valence-electron chi connectivity index (χ0n) is 53.3. The molecule has 100 heavy (non-hydrogen) atoms. The van der Waals surface area contributed by atoms with E-state index < -0.39 is 0 Å². The topological polar surface area (TPSA) is 0 Å². The van der Waals surface area contributed by atoms with E-state index in [1.165, 1.54) is 160 Å². The molecule has 440 valence electrons. The molecule has 0 aromatic carbocycles. The first-order valence-corrected chi connectivity index (χ1v) is 48.6. The maximum Gasteiger partial charge on any atom is 0.0238 e. The number of hydrogen-bond donors (Lipinski definition) is 0. The molecule has 0 aromatic heterocycles. The van der Waals surface area contributed by atoms with E-state index in [0.29, 0.717) is 0 Å². The molecule has 73 fully saturated rings. The summed E-state index contributed by atoms with van der Waals surface area (Å²) >= 11 is 0. The van der Waals surface area contributed by atoms with Gasteiger partial charge in [0.25, 0.3) is 0 Å². The molecule has 0 heterocycles. The molecule has 89 unspecified atom stereocenters. The summed E-state index contributed by atoms with van der Waals surface area (Å²) in [6.07, 6.45) is 22.3. The SMILES string of the molecule is C1=CC2C3C4C5C6C7C8C9C%10C%11CC%12C%13C%14C%15C%16C%17CC%18C%19C%20C%21C%22C%23C%24C%25C%26C%27CC=C%28C=C%29C=C%30C%31C%32C1C21C%322C%31%32C%30%31C%29%30C%28%27C%26%27C%25%26C%24%25C%23%24C%22%23C%21%22C%20%21C%19%20C%17%18C%16%17C%15%16C%14%15C%13%14C%12%11C%10%11C9%10C89C78C67C56C45C31C21C%322C%313C%30%27C%264C%25%12C%24%13C%23%18C%22%19C%21%22C%17%20C%16%17C%15%16C%14%11C%10%11C9%10C89C78C67C51C21C34C%122C71C81C%132C%182C%193C%17%22C%16%11C%103C912. The van der Waals surface area contributed by atoms with Gasteiger partial charge >= 0.3 is 0 Å². The van der Waals surface area contributed by atoms with Gasteiger partial charge in [-0.3, -0.25) is 0 Å². The van der Waals surface area contributed by atoms with Crippen molar-refractivity contribution in [3.63, 3.8) is 0 Å². The van der Waals surface area contributed by atoms with Crippen LogP contribution in [0.3, 0.4) is 0 Å². The lowest BCUT2D eigenvalue weighted by Crippen LogP contribution is -3.78. The van der Waals surface area contributed by atoms with Crippen LogP contribution in [0.25, 0.3) is 0 Å². The van der Waals surface area contributed by atoms with E-state index >= 15 is 0 Å². The van der Waals surface area contributed by atoms with E-state index in [0.717, 1.165) is 337 Å². The maximum atomic E-state index is 3.52. The third kappa shape index (κ3) is 0.565. The van der Waals surface area contributed by atoms with Crippen molar-refractivity contribution in [3.8, 4) is 0 Å². The van der Waals surface area contributed by atoms with Gasteiger partial charge in [0.1, 0.15) is 0 Å². The quantitative estimate of drug-likeness (QED) is 0.216. The van der Waals surface area contributed by atoms with E-state index in [4.69, 9.17) is 0 Å². The lowest BCUT2D eigenvalue weighted by Gasteiger charge is -3.82. The van der Waals surface area contributed by atoms with Crippen molar-refractivity contribution in [2.45, 2.75) is 19.3 Å². The Morgan fingerprint density at radius 2 is 0.520 bits per heavy atom. The summed E-state index contributed by atoms with van der Waals surface area (Å²) in [5, 5.41) is 0. The second kappa shape index (κ2) is 4.30. The number of fused-ring (bicyclic) bond motifs is 26.